The van der Waals surface area contributed by atoms with Crippen molar-refractivity contribution < 1.29 is 14.3 Å². The van der Waals surface area contributed by atoms with Crippen LogP contribution in [0.25, 0.3) is 17.0 Å². The number of carbonyl (C=O) groups excluding carboxylic acids is 1. The molecule has 0 saturated carbocycles. The van der Waals surface area contributed by atoms with Crippen LogP contribution in [-0.2, 0) is 9.47 Å². The Hall–Kier alpha value is -3.83. The fourth-order valence-electron chi connectivity index (χ4n) is 3.64. The summed E-state index contributed by atoms with van der Waals surface area (Å²) in [5.41, 5.74) is 5.02. The van der Waals surface area contributed by atoms with Crippen molar-refractivity contribution in [2.45, 2.75) is 13.3 Å². The number of amides is 1. The van der Waals surface area contributed by atoms with Gasteiger partial charge >= 0.3 is 6.09 Å². The SMILES string of the molecule is Cc1c(Nc2c(C#N)cncc2/C=C/CCOC(=O)N2CCOCC2)ccc2[nH]ccc12. The minimum Gasteiger partial charge on any atom is -0.449 e. The molecular weight excluding hydrogens is 406 g/mol. The number of benzene rings is 1. The van der Waals surface area contributed by atoms with Gasteiger partial charge in [-0.1, -0.05) is 12.2 Å². The maximum atomic E-state index is 12.0. The van der Waals surface area contributed by atoms with Crippen LogP contribution in [0, 0.1) is 18.3 Å². The summed E-state index contributed by atoms with van der Waals surface area (Å²) in [7, 11) is 0. The van der Waals surface area contributed by atoms with E-state index in [1.807, 2.05) is 43.5 Å². The molecule has 1 saturated heterocycles. The summed E-state index contributed by atoms with van der Waals surface area (Å²) in [5.74, 6) is 0. The van der Waals surface area contributed by atoms with E-state index in [1.165, 1.54) is 0 Å². The number of anilines is 2. The van der Waals surface area contributed by atoms with E-state index in [0.29, 0.717) is 44.0 Å². The van der Waals surface area contributed by atoms with Crippen molar-refractivity contribution in [3.8, 4) is 6.07 Å². The van der Waals surface area contributed by atoms with Gasteiger partial charge in [0, 0.05) is 53.8 Å². The zero-order valence-electron chi connectivity index (χ0n) is 17.9. The minimum atomic E-state index is -0.312. The van der Waals surface area contributed by atoms with Crippen LogP contribution >= 0.6 is 0 Å². The van der Waals surface area contributed by atoms with Crippen molar-refractivity contribution in [3.63, 3.8) is 0 Å². The lowest BCUT2D eigenvalue weighted by Gasteiger charge is -2.25. The number of pyridine rings is 1. The Morgan fingerprint density at radius 2 is 2.19 bits per heavy atom. The number of hydrogen-bond donors (Lipinski definition) is 2. The number of carbonyl (C=O) groups is 1. The van der Waals surface area contributed by atoms with Gasteiger partial charge in [-0.15, -0.1) is 0 Å². The monoisotopic (exact) mass is 431 g/mol. The maximum absolute atomic E-state index is 12.0. The summed E-state index contributed by atoms with van der Waals surface area (Å²) in [6.07, 6.45) is 9.22. The number of nitriles is 1. The number of morpholine rings is 1. The first kappa shape index (κ1) is 21.4. The number of nitrogens with zero attached hydrogens (tertiary/aromatic N) is 3. The molecule has 0 radical (unpaired) electrons. The van der Waals surface area contributed by atoms with Crippen LogP contribution in [0.1, 0.15) is 23.1 Å². The van der Waals surface area contributed by atoms with Crippen LogP contribution in [-0.4, -0.2) is 53.9 Å². The maximum Gasteiger partial charge on any atom is 0.409 e. The van der Waals surface area contributed by atoms with Crippen molar-refractivity contribution in [2.24, 2.45) is 0 Å². The van der Waals surface area contributed by atoms with Gasteiger partial charge in [0.1, 0.15) is 6.07 Å². The number of H-pyrrole nitrogens is 1. The molecule has 0 spiro atoms. The van der Waals surface area contributed by atoms with Crippen molar-refractivity contribution in [1.29, 1.82) is 5.26 Å². The zero-order valence-corrected chi connectivity index (χ0v) is 17.9. The van der Waals surface area contributed by atoms with E-state index in [0.717, 1.165) is 27.7 Å². The van der Waals surface area contributed by atoms with Gasteiger partial charge in [0.05, 0.1) is 31.1 Å². The number of ether oxygens (including phenoxy) is 2. The minimum absolute atomic E-state index is 0.282. The van der Waals surface area contributed by atoms with Gasteiger partial charge in [-0.3, -0.25) is 4.98 Å². The highest BCUT2D eigenvalue weighted by Gasteiger charge is 2.17. The highest BCUT2D eigenvalue weighted by molar-refractivity contribution is 5.89. The number of rotatable bonds is 6. The second kappa shape index (κ2) is 9.98. The van der Waals surface area contributed by atoms with Gasteiger partial charge in [-0.05, 0) is 37.1 Å². The molecule has 3 heterocycles. The molecule has 32 heavy (non-hydrogen) atoms. The van der Waals surface area contributed by atoms with Gasteiger partial charge in [0.2, 0.25) is 0 Å². The van der Waals surface area contributed by atoms with Crippen LogP contribution in [0.3, 0.4) is 0 Å². The Kier molecular flexibility index (Phi) is 6.68. The highest BCUT2D eigenvalue weighted by Crippen LogP contribution is 2.30. The Bertz CT molecular complexity index is 1170. The third kappa shape index (κ3) is 4.74. The van der Waals surface area contributed by atoms with E-state index in [2.05, 4.69) is 21.4 Å². The van der Waals surface area contributed by atoms with Gasteiger partial charge in [0.15, 0.2) is 0 Å². The summed E-state index contributed by atoms with van der Waals surface area (Å²) < 4.78 is 10.6. The first-order valence-electron chi connectivity index (χ1n) is 10.5. The van der Waals surface area contributed by atoms with Gasteiger partial charge in [-0.25, -0.2) is 4.79 Å². The lowest BCUT2D eigenvalue weighted by atomic mass is 10.1. The summed E-state index contributed by atoms with van der Waals surface area (Å²) >= 11 is 0. The van der Waals surface area contributed by atoms with Crippen molar-refractivity contribution in [3.05, 3.63) is 59.6 Å². The van der Waals surface area contributed by atoms with Gasteiger partial charge in [-0.2, -0.15) is 5.26 Å². The number of nitrogens with one attached hydrogen (secondary N) is 2. The molecule has 1 aromatic carbocycles. The largest absolute Gasteiger partial charge is 0.449 e. The van der Waals surface area contributed by atoms with Crippen LogP contribution < -0.4 is 5.32 Å². The summed E-state index contributed by atoms with van der Waals surface area (Å²) in [5, 5.41) is 14.1. The third-order valence-corrected chi connectivity index (χ3v) is 5.44. The molecular formula is C24H25N5O3. The van der Waals surface area contributed by atoms with Gasteiger partial charge < -0.3 is 24.7 Å². The molecule has 1 aliphatic rings. The fraction of sp³-hybridized carbons (Fsp3) is 0.292. The average Bonchev–Trinajstić information content (AvgIpc) is 3.31. The lowest BCUT2D eigenvalue weighted by molar-refractivity contribution is 0.0277. The van der Waals surface area contributed by atoms with Crippen molar-refractivity contribution in [2.75, 3.05) is 38.2 Å². The lowest BCUT2D eigenvalue weighted by Crippen LogP contribution is -2.41. The fourth-order valence-corrected chi connectivity index (χ4v) is 3.64. The number of hydrogen-bond acceptors (Lipinski definition) is 6. The Morgan fingerprint density at radius 3 is 3.00 bits per heavy atom. The van der Waals surface area contributed by atoms with E-state index in [9.17, 15) is 10.1 Å². The predicted octanol–water partition coefficient (Wildman–Crippen LogP) is 4.36. The van der Waals surface area contributed by atoms with Crippen LogP contribution in [0.4, 0.5) is 16.2 Å². The molecule has 1 fully saturated rings. The Balaban J connectivity index is 1.44. The van der Waals surface area contributed by atoms with E-state index in [1.54, 1.807) is 17.3 Å². The number of fused-ring (bicyclic) bond motifs is 1. The molecule has 1 amide bonds. The first-order chi connectivity index (χ1) is 15.7. The number of aryl methyl sites for hydroxylation is 1. The smallest absolute Gasteiger partial charge is 0.409 e. The van der Waals surface area contributed by atoms with E-state index >= 15 is 0 Å². The summed E-state index contributed by atoms with van der Waals surface area (Å²) in [6, 6.07) is 8.25. The topological polar surface area (TPSA) is 103 Å². The van der Waals surface area contributed by atoms with Crippen LogP contribution in [0.15, 0.2) is 42.9 Å². The second-order valence-corrected chi connectivity index (χ2v) is 7.47. The standard InChI is InChI=1S/C24H25N5O3/c1-17-20-7-8-27-22(20)6-5-21(17)28-23-18(15-26-16-19(23)14-25)4-2-3-11-32-24(30)29-9-12-31-13-10-29/h2,4-8,15-16,27H,3,9-13H2,1H3,(H,26,28)/b4-2+. The normalized spacial score (nSPS) is 13.9. The quantitative estimate of drug-likeness (QED) is 0.562. The molecule has 8 nitrogen and oxygen atoms in total. The Labute approximate surface area is 186 Å². The van der Waals surface area contributed by atoms with Crippen LogP contribution in [0.2, 0.25) is 0 Å². The van der Waals surface area contributed by atoms with E-state index in [4.69, 9.17) is 9.47 Å². The third-order valence-electron chi connectivity index (χ3n) is 5.44. The first-order valence-corrected chi connectivity index (χ1v) is 10.5. The number of aromatic nitrogens is 2. The summed E-state index contributed by atoms with van der Waals surface area (Å²) in [6.45, 7) is 4.54. The second-order valence-electron chi connectivity index (χ2n) is 7.47. The summed E-state index contributed by atoms with van der Waals surface area (Å²) in [4.78, 5) is 21.1. The van der Waals surface area contributed by atoms with E-state index < -0.39 is 0 Å². The van der Waals surface area contributed by atoms with Crippen LogP contribution in [0.5, 0.6) is 0 Å². The number of aromatic amines is 1. The molecule has 1 aliphatic heterocycles. The molecule has 0 unspecified atom stereocenters. The molecule has 2 N–H and O–H groups in total. The Morgan fingerprint density at radius 1 is 1.34 bits per heavy atom. The molecule has 2 aromatic heterocycles. The average molecular weight is 431 g/mol. The molecule has 3 aromatic rings. The molecule has 4 rings (SSSR count). The zero-order chi connectivity index (χ0) is 22.3. The molecule has 0 atom stereocenters. The highest BCUT2D eigenvalue weighted by atomic mass is 16.6. The molecule has 0 bridgehead atoms. The molecule has 8 heteroatoms. The van der Waals surface area contributed by atoms with E-state index in [-0.39, 0.29) is 12.7 Å². The predicted molar refractivity (Wildman–Crippen MR) is 123 cm³/mol. The van der Waals surface area contributed by atoms with Gasteiger partial charge in [0.25, 0.3) is 0 Å². The van der Waals surface area contributed by atoms with Crippen molar-refractivity contribution in [1.82, 2.24) is 14.9 Å². The molecule has 164 valence electrons. The van der Waals surface area contributed by atoms with Crippen molar-refractivity contribution >= 4 is 34.4 Å². The molecule has 0 aliphatic carbocycles.